The van der Waals surface area contributed by atoms with Crippen LogP contribution in [0.1, 0.15) is 25.0 Å². The van der Waals surface area contributed by atoms with Gasteiger partial charge >= 0.3 is 0 Å². The highest BCUT2D eigenvalue weighted by atomic mass is 16.5. The third-order valence-corrected chi connectivity index (χ3v) is 3.48. The van der Waals surface area contributed by atoms with Gasteiger partial charge in [-0.15, -0.1) is 0 Å². The lowest BCUT2D eigenvalue weighted by molar-refractivity contribution is 0.140. The quantitative estimate of drug-likeness (QED) is 0.852. The zero-order valence-corrected chi connectivity index (χ0v) is 12.8. The van der Waals surface area contributed by atoms with E-state index in [2.05, 4.69) is 4.98 Å². The van der Waals surface area contributed by atoms with E-state index < -0.39 is 12.2 Å². The van der Waals surface area contributed by atoms with Crippen LogP contribution < -0.4 is 14.2 Å². The van der Waals surface area contributed by atoms with E-state index in [0.717, 1.165) is 5.56 Å². The fraction of sp³-hybridized carbons (Fsp3) is 0.353. The molecule has 1 aromatic carbocycles. The van der Waals surface area contributed by atoms with Gasteiger partial charge in [-0.1, -0.05) is 12.1 Å². The van der Waals surface area contributed by atoms with E-state index in [9.17, 15) is 10.2 Å². The number of hydrogen-bond donors (Lipinski definition) is 2. The number of benzene rings is 1. The van der Waals surface area contributed by atoms with Crippen LogP contribution in [-0.4, -0.2) is 34.5 Å². The minimum absolute atomic E-state index is 0.240. The maximum Gasteiger partial charge on any atom is 0.213 e. The van der Waals surface area contributed by atoms with Crippen molar-refractivity contribution in [2.45, 2.75) is 25.6 Å². The summed E-state index contributed by atoms with van der Waals surface area (Å²) in [5.74, 6) is 2.13. The molecule has 2 heterocycles. The van der Waals surface area contributed by atoms with Crippen LogP contribution in [0.4, 0.5) is 0 Å². The van der Waals surface area contributed by atoms with Crippen LogP contribution >= 0.6 is 0 Å². The molecule has 0 unspecified atom stereocenters. The van der Waals surface area contributed by atoms with Crippen molar-refractivity contribution < 1.29 is 24.4 Å². The zero-order chi connectivity index (χ0) is 16.2. The van der Waals surface area contributed by atoms with Gasteiger partial charge in [0, 0.05) is 18.1 Å². The highest BCUT2D eigenvalue weighted by molar-refractivity contribution is 5.51. The molecule has 0 radical (unpaired) electrons. The van der Waals surface area contributed by atoms with Gasteiger partial charge in [-0.25, -0.2) is 4.98 Å². The summed E-state index contributed by atoms with van der Waals surface area (Å²) in [7, 11) is 0. The first-order valence-electron chi connectivity index (χ1n) is 7.52. The van der Waals surface area contributed by atoms with Crippen LogP contribution in [0.25, 0.3) is 0 Å². The van der Waals surface area contributed by atoms with Crippen molar-refractivity contribution in [2.24, 2.45) is 0 Å². The van der Waals surface area contributed by atoms with Crippen LogP contribution in [0.5, 0.6) is 23.1 Å². The molecule has 23 heavy (non-hydrogen) atoms. The van der Waals surface area contributed by atoms with Gasteiger partial charge in [0.2, 0.25) is 5.88 Å². The van der Waals surface area contributed by atoms with Crippen LogP contribution in [0.2, 0.25) is 0 Å². The maximum absolute atomic E-state index is 9.80. The lowest BCUT2D eigenvalue weighted by Crippen LogP contribution is -2.07. The Hall–Kier alpha value is -2.31. The van der Waals surface area contributed by atoms with Crippen molar-refractivity contribution in [1.29, 1.82) is 0 Å². The Labute approximate surface area is 134 Å². The first-order valence-corrected chi connectivity index (χ1v) is 7.52. The number of aromatic nitrogens is 1. The summed E-state index contributed by atoms with van der Waals surface area (Å²) >= 11 is 0. The average molecular weight is 317 g/mol. The van der Waals surface area contributed by atoms with Gasteiger partial charge in [-0.05, 0) is 19.1 Å². The predicted molar refractivity (Wildman–Crippen MR) is 83.0 cm³/mol. The monoisotopic (exact) mass is 317 g/mol. The summed E-state index contributed by atoms with van der Waals surface area (Å²) in [5, 5.41) is 19.0. The van der Waals surface area contributed by atoms with Crippen molar-refractivity contribution >= 4 is 0 Å². The normalized spacial score (nSPS) is 17.3. The smallest absolute Gasteiger partial charge is 0.213 e. The standard InChI is InChI=1S/C17H19NO5/c1-11(19)7-8-21-16-6-5-12(9-18-16)23-15-4-2-3-13-14(20)10-22-17(13)15/h2-6,9,11,14,19-20H,7-8,10H2,1H3/t11-,14+/m0/s1. The number of rotatable bonds is 6. The molecule has 3 rings (SSSR count). The molecule has 2 atom stereocenters. The fourth-order valence-corrected chi connectivity index (χ4v) is 2.26. The Morgan fingerprint density at radius 1 is 1.35 bits per heavy atom. The molecule has 1 aliphatic heterocycles. The van der Waals surface area contributed by atoms with E-state index in [4.69, 9.17) is 14.2 Å². The molecule has 122 valence electrons. The number of pyridine rings is 1. The molecule has 0 amide bonds. The van der Waals surface area contributed by atoms with Gasteiger partial charge in [-0.3, -0.25) is 0 Å². The number of nitrogens with zero attached hydrogens (tertiary/aromatic N) is 1. The number of fused-ring (bicyclic) bond motifs is 1. The summed E-state index contributed by atoms with van der Waals surface area (Å²) in [4.78, 5) is 4.16. The Balaban J connectivity index is 1.65. The second-order valence-electron chi connectivity index (χ2n) is 5.42. The van der Waals surface area contributed by atoms with Gasteiger partial charge in [0.25, 0.3) is 0 Å². The van der Waals surface area contributed by atoms with Gasteiger partial charge in [0.15, 0.2) is 11.5 Å². The molecule has 0 aliphatic carbocycles. The highest BCUT2D eigenvalue weighted by Crippen LogP contribution is 2.41. The molecule has 6 nitrogen and oxygen atoms in total. The minimum Gasteiger partial charge on any atom is -0.486 e. The van der Waals surface area contributed by atoms with Gasteiger partial charge in [-0.2, -0.15) is 0 Å². The molecule has 0 saturated carbocycles. The average Bonchev–Trinajstić information content (AvgIpc) is 2.91. The fourth-order valence-electron chi connectivity index (χ4n) is 2.26. The molecule has 2 aromatic rings. The second-order valence-corrected chi connectivity index (χ2v) is 5.42. The van der Waals surface area contributed by atoms with Crippen molar-refractivity contribution in [3.05, 3.63) is 42.1 Å². The van der Waals surface area contributed by atoms with E-state index in [1.165, 1.54) is 0 Å². The number of aliphatic hydroxyl groups excluding tert-OH is 2. The summed E-state index contributed by atoms with van der Waals surface area (Å²) in [6.45, 7) is 2.36. The molecular formula is C17H19NO5. The number of hydrogen-bond acceptors (Lipinski definition) is 6. The maximum atomic E-state index is 9.80. The van der Waals surface area contributed by atoms with Crippen LogP contribution in [0, 0.1) is 0 Å². The van der Waals surface area contributed by atoms with Crippen molar-refractivity contribution in [1.82, 2.24) is 4.98 Å². The molecule has 2 N–H and O–H groups in total. The molecule has 1 aliphatic rings. The Kier molecular flexibility index (Phi) is 4.64. The highest BCUT2D eigenvalue weighted by Gasteiger charge is 2.25. The summed E-state index contributed by atoms with van der Waals surface area (Å²) in [5.41, 5.74) is 0.730. The Morgan fingerprint density at radius 3 is 2.96 bits per heavy atom. The number of para-hydroxylation sites is 1. The molecule has 0 spiro atoms. The zero-order valence-electron chi connectivity index (χ0n) is 12.8. The molecule has 0 fully saturated rings. The van der Waals surface area contributed by atoms with Crippen LogP contribution in [0.15, 0.2) is 36.5 Å². The predicted octanol–water partition coefficient (Wildman–Crippen LogP) is 2.45. The first-order chi connectivity index (χ1) is 11.1. The Morgan fingerprint density at radius 2 is 2.22 bits per heavy atom. The topological polar surface area (TPSA) is 81.0 Å². The lowest BCUT2D eigenvalue weighted by atomic mass is 10.1. The van der Waals surface area contributed by atoms with Crippen LogP contribution in [-0.2, 0) is 0 Å². The van der Waals surface area contributed by atoms with Gasteiger partial charge in [0.05, 0.1) is 18.9 Å². The van der Waals surface area contributed by atoms with Crippen LogP contribution in [0.3, 0.4) is 0 Å². The number of aliphatic hydroxyl groups is 2. The largest absolute Gasteiger partial charge is 0.486 e. The van der Waals surface area contributed by atoms with E-state index in [1.807, 2.05) is 12.1 Å². The van der Waals surface area contributed by atoms with Gasteiger partial charge < -0.3 is 24.4 Å². The van der Waals surface area contributed by atoms with E-state index in [0.29, 0.717) is 36.2 Å². The van der Waals surface area contributed by atoms with E-state index in [1.54, 1.807) is 31.3 Å². The first kappa shape index (κ1) is 15.6. The Bertz CT molecular complexity index is 657. The molecule has 0 saturated heterocycles. The molecular weight excluding hydrogens is 298 g/mol. The van der Waals surface area contributed by atoms with E-state index in [-0.39, 0.29) is 6.61 Å². The van der Waals surface area contributed by atoms with Crippen molar-refractivity contribution in [3.63, 3.8) is 0 Å². The molecule has 0 bridgehead atoms. The number of ether oxygens (including phenoxy) is 3. The van der Waals surface area contributed by atoms with Crippen molar-refractivity contribution in [2.75, 3.05) is 13.2 Å². The van der Waals surface area contributed by atoms with Gasteiger partial charge in [0.1, 0.15) is 18.5 Å². The molecule has 6 heteroatoms. The van der Waals surface area contributed by atoms with E-state index >= 15 is 0 Å². The second kappa shape index (κ2) is 6.85. The lowest BCUT2D eigenvalue weighted by Gasteiger charge is -2.10. The molecule has 1 aromatic heterocycles. The summed E-state index contributed by atoms with van der Waals surface area (Å²) in [6, 6.07) is 8.86. The third-order valence-electron chi connectivity index (χ3n) is 3.48. The SMILES string of the molecule is C[C@H](O)CCOc1ccc(Oc2cccc3c2OC[C@H]3O)cn1. The summed E-state index contributed by atoms with van der Waals surface area (Å²) in [6.07, 6.45) is 1.10. The van der Waals surface area contributed by atoms with Crippen molar-refractivity contribution in [3.8, 4) is 23.1 Å². The minimum atomic E-state index is -0.614. The summed E-state index contributed by atoms with van der Waals surface area (Å²) < 4.78 is 16.7. The third kappa shape index (κ3) is 3.72.